The van der Waals surface area contributed by atoms with Crippen molar-refractivity contribution in [2.75, 3.05) is 6.61 Å². The van der Waals surface area contributed by atoms with Gasteiger partial charge in [-0.1, -0.05) is 43.5 Å². The summed E-state index contributed by atoms with van der Waals surface area (Å²) in [6, 6.07) is 13.7. The largest absolute Gasteiger partial charge is 0.494 e. The van der Waals surface area contributed by atoms with Crippen molar-refractivity contribution in [3.05, 3.63) is 59.1 Å². The molecule has 0 bridgehead atoms. The lowest BCUT2D eigenvalue weighted by Crippen LogP contribution is -2.64. The fourth-order valence-electron chi connectivity index (χ4n) is 5.12. The molecule has 2 amide bonds. The number of aromatic nitrogens is 2. The third kappa shape index (κ3) is 4.59. The summed E-state index contributed by atoms with van der Waals surface area (Å²) in [5.74, 6) is 0.417. The molecule has 0 unspecified atom stereocenters. The van der Waals surface area contributed by atoms with E-state index in [1.165, 1.54) is 6.42 Å². The average Bonchev–Trinajstić information content (AvgIpc) is 3.54. The molecule has 2 aromatic heterocycles. The van der Waals surface area contributed by atoms with Crippen LogP contribution in [0.2, 0.25) is 0 Å². The number of benzene rings is 1. The third-order valence-corrected chi connectivity index (χ3v) is 7.99. The molecular weight excluding hydrogens is 460 g/mol. The molecule has 1 aromatic carbocycles. The lowest BCUT2D eigenvalue weighted by molar-refractivity contribution is -0.134. The lowest BCUT2D eigenvalue weighted by atomic mass is 9.91. The molecule has 3 aromatic rings. The Morgan fingerprint density at radius 1 is 1.20 bits per heavy atom. The van der Waals surface area contributed by atoms with Crippen molar-refractivity contribution < 1.29 is 14.3 Å². The van der Waals surface area contributed by atoms with E-state index in [1.807, 2.05) is 61.7 Å². The molecular formula is C27H32N4O3S. The predicted octanol–water partition coefficient (Wildman–Crippen LogP) is 4.87. The normalized spacial score (nSPS) is 20.5. The zero-order valence-electron chi connectivity index (χ0n) is 20.3. The van der Waals surface area contributed by atoms with Crippen LogP contribution in [0, 0.1) is 0 Å². The number of nitrogens with zero attached hydrogens (tertiary/aromatic N) is 3. The van der Waals surface area contributed by atoms with Gasteiger partial charge >= 0.3 is 0 Å². The fourth-order valence-corrected chi connectivity index (χ4v) is 5.80. The molecule has 1 aliphatic carbocycles. The van der Waals surface area contributed by atoms with Gasteiger partial charge < -0.3 is 15.0 Å². The van der Waals surface area contributed by atoms with Crippen LogP contribution in [-0.4, -0.2) is 44.7 Å². The molecule has 35 heavy (non-hydrogen) atoms. The smallest absolute Gasteiger partial charge is 0.273 e. The van der Waals surface area contributed by atoms with E-state index in [1.54, 1.807) is 20.9 Å². The van der Waals surface area contributed by atoms with E-state index in [4.69, 9.17) is 9.84 Å². The number of thiophene rings is 1. The minimum absolute atomic E-state index is 0.120. The van der Waals surface area contributed by atoms with Gasteiger partial charge in [0, 0.05) is 11.6 Å². The Labute approximate surface area is 210 Å². The molecule has 184 valence electrons. The third-order valence-electron chi connectivity index (χ3n) is 7.10. The number of amides is 2. The molecule has 3 heterocycles. The van der Waals surface area contributed by atoms with Gasteiger partial charge in [-0.15, -0.1) is 11.3 Å². The van der Waals surface area contributed by atoms with E-state index < -0.39 is 5.54 Å². The highest BCUT2D eigenvalue weighted by molar-refractivity contribution is 7.13. The van der Waals surface area contributed by atoms with E-state index in [2.05, 4.69) is 5.32 Å². The van der Waals surface area contributed by atoms with Crippen LogP contribution < -0.4 is 10.1 Å². The molecule has 0 spiro atoms. The highest BCUT2D eigenvalue weighted by atomic mass is 32.1. The van der Waals surface area contributed by atoms with Gasteiger partial charge in [0.2, 0.25) is 5.91 Å². The van der Waals surface area contributed by atoms with Gasteiger partial charge in [-0.25, -0.2) is 0 Å². The Balaban J connectivity index is 1.52. The molecule has 1 saturated carbocycles. The maximum absolute atomic E-state index is 13.9. The van der Waals surface area contributed by atoms with Crippen LogP contribution in [0.15, 0.2) is 47.8 Å². The zero-order valence-corrected chi connectivity index (χ0v) is 21.1. The second-order valence-corrected chi connectivity index (χ2v) is 10.5. The molecule has 8 heteroatoms. The number of carbonyl (C=O) groups is 2. The van der Waals surface area contributed by atoms with Gasteiger partial charge in [0.15, 0.2) is 0 Å². The summed E-state index contributed by atoms with van der Waals surface area (Å²) in [6.07, 6.45) is 5.43. The standard InChI is InChI=1S/C27H32N4O3S/c1-3-34-23-13-8-7-10-19(23)17-30-25(32)22-16-21(24-14-9-15-35-24)29-31(22)18-27(30,2)26(33)28-20-11-5-4-6-12-20/h7-10,13-16,20H,3-6,11-12,17-18H2,1-2H3,(H,28,33)/t27-/m1/s1. The van der Waals surface area contributed by atoms with Crippen molar-refractivity contribution in [3.63, 3.8) is 0 Å². The molecule has 1 atom stereocenters. The summed E-state index contributed by atoms with van der Waals surface area (Å²) in [6.45, 7) is 4.91. The minimum Gasteiger partial charge on any atom is -0.494 e. The van der Waals surface area contributed by atoms with Crippen LogP contribution in [0.1, 0.15) is 62.0 Å². The number of para-hydroxylation sites is 1. The quantitative estimate of drug-likeness (QED) is 0.510. The molecule has 5 rings (SSSR count). The molecule has 0 radical (unpaired) electrons. The fraction of sp³-hybridized carbons (Fsp3) is 0.444. The Hall–Kier alpha value is -3.13. The number of fused-ring (bicyclic) bond motifs is 1. The Bertz CT molecular complexity index is 1200. The van der Waals surface area contributed by atoms with E-state index in [9.17, 15) is 9.59 Å². The monoisotopic (exact) mass is 492 g/mol. The molecule has 1 fully saturated rings. The topological polar surface area (TPSA) is 76.5 Å². The Kier molecular flexibility index (Phi) is 6.65. The first-order chi connectivity index (χ1) is 17.0. The van der Waals surface area contributed by atoms with Gasteiger partial charge in [0.1, 0.15) is 22.7 Å². The Morgan fingerprint density at radius 2 is 2.00 bits per heavy atom. The average molecular weight is 493 g/mol. The molecule has 0 saturated heterocycles. The van der Waals surface area contributed by atoms with Crippen LogP contribution in [0.4, 0.5) is 0 Å². The van der Waals surface area contributed by atoms with Crippen molar-refractivity contribution in [1.29, 1.82) is 0 Å². The summed E-state index contributed by atoms with van der Waals surface area (Å²) < 4.78 is 7.54. The SMILES string of the molecule is CCOc1ccccc1CN1C(=O)c2cc(-c3cccs3)nn2C[C@]1(C)C(=O)NC1CCCCC1. The highest BCUT2D eigenvalue weighted by Gasteiger charge is 2.48. The van der Waals surface area contributed by atoms with Crippen molar-refractivity contribution in [3.8, 4) is 16.3 Å². The molecule has 1 aliphatic heterocycles. The number of ether oxygens (including phenoxy) is 1. The number of hydrogen-bond donors (Lipinski definition) is 1. The maximum atomic E-state index is 13.9. The summed E-state index contributed by atoms with van der Waals surface area (Å²) in [7, 11) is 0. The van der Waals surface area contributed by atoms with E-state index in [-0.39, 0.29) is 24.4 Å². The van der Waals surface area contributed by atoms with Crippen LogP contribution in [0.25, 0.3) is 10.6 Å². The van der Waals surface area contributed by atoms with E-state index in [0.717, 1.165) is 47.6 Å². The van der Waals surface area contributed by atoms with Gasteiger partial charge in [0.05, 0.1) is 24.6 Å². The lowest BCUT2D eigenvalue weighted by Gasteiger charge is -2.44. The number of nitrogens with one attached hydrogen (secondary N) is 1. The summed E-state index contributed by atoms with van der Waals surface area (Å²) in [5, 5.41) is 9.99. The second-order valence-electron chi connectivity index (χ2n) is 9.56. The molecule has 2 aliphatic rings. The van der Waals surface area contributed by atoms with Crippen LogP contribution in [0.5, 0.6) is 5.75 Å². The first-order valence-corrected chi connectivity index (χ1v) is 13.3. The number of rotatable bonds is 7. The maximum Gasteiger partial charge on any atom is 0.273 e. The van der Waals surface area contributed by atoms with Crippen molar-refractivity contribution in [2.24, 2.45) is 0 Å². The second kappa shape index (κ2) is 9.85. The Morgan fingerprint density at radius 3 is 2.74 bits per heavy atom. The summed E-state index contributed by atoms with van der Waals surface area (Å²) in [4.78, 5) is 30.5. The first-order valence-electron chi connectivity index (χ1n) is 12.4. The summed E-state index contributed by atoms with van der Waals surface area (Å²) >= 11 is 1.58. The minimum atomic E-state index is -1.08. The first kappa shape index (κ1) is 23.6. The predicted molar refractivity (Wildman–Crippen MR) is 136 cm³/mol. The van der Waals surface area contributed by atoms with Gasteiger partial charge in [-0.2, -0.15) is 5.10 Å². The van der Waals surface area contributed by atoms with Crippen LogP contribution >= 0.6 is 11.3 Å². The van der Waals surface area contributed by atoms with Crippen molar-refractivity contribution in [1.82, 2.24) is 20.0 Å². The summed E-state index contributed by atoms with van der Waals surface area (Å²) in [5.41, 5.74) is 1.06. The number of hydrogen-bond acceptors (Lipinski definition) is 5. The van der Waals surface area contributed by atoms with E-state index in [0.29, 0.717) is 18.8 Å². The highest BCUT2D eigenvalue weighted by Crippen LogP contribution is 2.34. The van der Waals surface area contributed by atoms with Crippen LogP contribution in [-0.2, 0) is 17.9 Å². The van der Waals surface area contributed by atoms with Gasteiger partial charge in [-0.3, -0.25) is 14.3 Å². The molecule has 7 nitrogen and oxygen atoms in total. The van der Waals surface area contributed by atoms with Gasteiger partial charge in [0.25, 0.3) is 5.91 Å². The van der Waals surface area contributed by atoms with Gasteiger partial charge in [-0.05, 0) is 50.3 Å². The van der Waals surface area contributed by atoms with E-state index >= 15 is 0 Å². The zero-order chi connectivity index (χ0) is 24.4. The van der Waals surface area contributed by atoms with Crippen LogP contribution in [0.3, 0.4) is 0 Å². The number of carbonyl (C=O) groups excluding carboxylic acids is 2. The van der Waals surface area contributed by atoms with Crippen molar-refractivity contribution in [2.45, 2.75) is 70.6 Å². The van der Waals surface area contributed by atoms with Crippen molar-refractivity contribution >= 4 is 23.2 Å². The molecule has 1 N–H and O–H groups in total.